The quantitative estimate of drug-likeness (QED) is 0.843. The van der Waals surface area contributed by atoms with Gasteiger partial charge >= 0.3 is 0 Å². The molecule has 0 aliphatic rings. The van der Waals surface area contributed by atoms with Gasteiger partial charge in [-0.15, -0.1) is 0 Å². The fourth-order valence-electron chi connectivity index (χ4n) is 1.43. The van der Waals surface area contributed by atoms with E-state index in [0.29, 0.717) is 12.8 Å². The summed E-state index contributed by atoms with van der Waals surface area (Å²) in [6, 6.07) is 2.03. The fourth-order valence-corrected chi connectivity index (χ4v) is 2.87. The Morgan fingerprint density at radius 2 is 2.12 bits per heavy atom. The first-order valence-corrected chi connectivity index (χ1v) is 6.81. The van der Waals surface area contributed by atoms with E-state index in [4.69, 9.17) is 5.26 Å². The van der Waals surface area contributed by atoms with E-state index in [-0.39, 0.29) is 4.90 Å². The van der Waals surface area contributed by atoms with Gasteiger partial charge in [0, 0.05) is 13.2 Å². The maximum atomic E-state index is 12.0. The molecule has 0 saturated heterocycles. The van der Waals surface area contributed by atoms with Gasteiger partial charge in [-0.2, -0.15) is 15.1 Å². The summed E-state index contributed by atoms with van der Waals surface area (Å²) in [5.41, 5.74) is -1.05. The molecule has 0 bridgehead atoms. The molecule has 0 amide bonds. The zero-order valence-electron chi connectivity index (χ0n) is 10.1. The molecule has 0 spiro atoms. The number of rotatable bonds is 5. The van der Waals surface area contributed by atoms with Crippen LogP contribution in [0.2, 0.25) is 0 Å². The summed E-state index contributed by atoms with van der Waals surface area (Å²) < 4.78 is 27.9. The maximum Gasteiger partial charge on any atom is 0.245 e. The Hall–Kier alpha value is -1.39. The summed E-state index contributed by atoms with van der Waals surface area (Å²) in [4.78, 5) is 0.0709. The second-order valence-electron chi connectivity index (χ2n) is 3.86. The molecule has 0 fully saturated rings. The molecule has 0 unspecified atom stereocenters. The van der Waals surface area contributed by atoms with Crippen LogP contribution < -0.4 is 4.72 Å². The van der Waals surface area contributed by atoms with Crippen LogP contribution in [-0.2, 0) is 17.1 Å². The second kappa shape index (κ2) is 4.85. The number of nitrogens with one attached hydrogen (secondary N) is 1. The Kier molecular flexibility index (Phi) is 3.91. The van der Waals surface area contributed by atoms with E-state index < -0.39 is 15.6 Å². The lowest BCUT2D eigenvalue weighted by Crippen LogP contribution is -2.46. The maximum absolute atomic E-state index is 12.0. The molecular formula is C10H16N4O2S. The van der Waals surface area contributed by atoms with Crippen molar-refractivity contribution in [3.8, 4) is 6.07 Å². The number of aryl methyl sites for hydroxylation is 1. The van der Waals surface area contributed by atoms with Crippen molar-refractivity contribution < 1.29 is 8.42 Å². The van der Waals surface area contributed by atoms with Crippen LogP contribution in [0.15, 0.2) is 17.3 Å². The summed E-state index contributed by atoms with van der Waals surface area (Å²) in [5.74, 6) is 0. The molecule has 7 heteroatoms. The standard InChI is InChI=1S/C10H16N4O2S/c1-4-10(5-2,8-11)13-17(15,16)9-6-12-14(3)7-9/h6-7,13H,4-5H2,1-3H3. The van der Waals surface area contributed by atoms with Crippen LogP contribution in [0.5, 0.6) is 0 Å². The van der Waals surface area contributed by atoms with E-state index in [1.54, 1.807) is 20.9 Å². The van der Waals surface area contributed by atoms with Gasteiger partial charge in [0.1, 0.15) is 10.4 Å². The van der Waals surface area contributed by atoms with Crippen LogP contribution in [0.1, 0.15) is 26.7 Å². The first-order valence-electron chi connectivity index (χ1n) is 5.33. The van der Waals surface area contributed by atoms with E-state index in [1.807, 2.05) is 6.07 Å². The molecule has 94 valence electrons. The van der Waals surface area contributed by atoms with Crippen LogP contribution in [0.4, 0.5) is 0 Å². The third-order valence-corrected chi connectivity index (χ3v) is 4.23. The largest absolute Gasteiger partial charge is 0.274 e. The van der Waals surface area contributed by atoms with E-state index >= 15 is 0 Å². The SMILES string of the molecule is CCC(C#N)(CC)NS(=O)(=O)c1cnn(C)c1. The Morgan fingerprint density at radius 1 is 1.53 bits per heavy atom. The van der Waals surface area contributed by atoms with Crippen molar-refractivity contribution >= 4 is 10.0 Å². The lowest BCUT2D eigenvalue weighted by Gasteiger charge is -2.23. The molecular weight excluding hydrogens is 240 g/mol. The number of nitrogens with zero attached hydrogens (tertiary/aromatic N) is 3. The summed E-state index contributed by atoms with van der Waals surface area (Å²) in [6.07, 6.45) is 3.49. The summed E-state index contributed by atoms with van der Waals surface area (Å²) in [6.45, 7) is 3.55. The average molecular weight is 256 g/mol. The predicted molar refractivity (Wildman–Crippen MR) is 62.5 cm³/mol. The molecule has 1 rings (SSSR count). The van der Waals surface area contributed by atoms with Gasteiger partial charge in [0.2, 0.25) is 10.0 Å². The summed E-state index contributed by atoms with van der Waals surface area (Å²) in [7, 11) is -2.05. The molecule has 1 aromatic heterocycles. The molecule has 1 N–H and O–H groups in total. The normalized spacial score (nSPS) is 12.4. The van der Waals surface area contributed by atoms with Crippen molar-refractivity contribution in [1.29, 1.82) is 5.26 Å². The Bertz CT molecular complexity index is 523. The van der Waals surface area contributed by atoms with Crippen molar-refractivity contribution in [2.24, 2.45) is 7.05 Å². The van der Waals surface area contributed by atoms with Crippen LogP contribution in [-0.4, -0.2) is 23.7 Å². The lowest BCUT2D eigenvalue weighted by atomic mass is 9.97. The van der Waals surface area contributed by atoms with E-state index in [9.17, 15) is 8.42 Å². The van der Waals surface area contributed by atoms with E-state index in [0.717, 1.165) is 0 Å². The Balaban J connectivity index is 3.06. The van der Waals surface area contributed by atoms with Crippen LogP contribution in [0.3, 0.4) is 0 Å². The van der Waals surface area contributed by atoms with Gasteiger partial charge in [0.15, 0.2) is 0 Å². The highest BCUT2D eigenvalue weighted by Gasteiger charge is 2.32. The van der Waals surface area contributed by atoms with Gasteiger partial charge in [-0.05, 0) is 12.8 Å². The van der Waals surface area contributed by atoms with Gasteiger partial charge < -0.3 is 0 Å². The first-order chi connectivity index (χ1) is 7.89. The minimum absolute atomic E-state index is 0.0709. The predicted octanol–water partition coefficient (Wildman–Crippen LogP) is 0.781. The zero-order chi connectivity index (χ0) is 13.1. The summed E-state index contributed by atoms with van der Waals surface area (Å²) >= 11 is 0. The smallest absolute Gasteiger partial charge is 0.245 e. The molecule has 0 aromatic carbocycles. The Morgan fingerprint density at radius 3 is 2.47 bits per heavy atom. The van der Waals surface area contributed by atoms with Gasteiger partial charge in [0.05, 0.1) is 12.3 Å². The van der Waals surface area contributed by atoms with Crippen molar-refractivity contribution in [3.63, 3.8) is 0 Å². The second-order valence-corrected chi connectivity index (χ2v) is 5.54. The van der Waals surface area contributed by atoms with Gasteiger partial charge in [-0.3, -0.25) is 4.68 Å². The topological polar surface area (TPSA) is 87.8 Å². The minimum atomic E-state index is -3.69. The van der Waals surface area contributed by atoms with Gasteiger partial charge in [0.25, 0.3) is 0 Å². The minimum Gasteiger partial charge on any atom is -0.274 e. The highest BCUT2D eigenvalue weighted by atomic mass is 32.2. The molecule has 1 aromatic rings. The zero-order valence-corrected chi connectivity index (χ0v) is 11.0. The number of hydrogen-bond acceptors (Lipinski definition) is 4. The molecule has 0 radical (unpaired) electrons. The fraction of sp³-hybridized carbons (Fsp3) is 0.600. The van der Waals surface area contributed by atoms with E-state index in [2.05, 4.69) is 9.82 Å². The molecule has 6 nitrogen and oxygen atoms in total. The van der Waals surface area contributed by atoms with Crippen LogP contribution >= 0.6 is 0 Å². The van der Waals surface area contributed by atoms with Crippen molar-refractivity contribution in [1.82, 2.24) is 14.5 Å². The third-order valence-electron chi connectivity index (χ3n) is 2.74. The molecule has 0 saturated carbocycles. The van der Waals surface area contributed by atoms with Gasteiger partial charge in [-0.1, -0.05) is 13.8 Å². The molecule has 1 heterocycles. The van der Waals surface area contributed by atoms with Crippen molar-refractivity contribution in [3.05, 3.63) is 12.4 Å². The molecule has 0 atom stereocenters. The van der Waals surface area contributed by atoms with Gasteiger partial charge in [-0.25, -0.2) is 8.42 Å². The van der Waals surface area contributed by atoms with Crippen LogP contribution in [0.25, 0.3) is 0 Å². The van der Waals surface area contributed by atoms with Crippen molar-refractivity contribution in [2.45, 2.75) is 37.1 Å². The molecule has 17 heavy (non-hydrogen) atoms. The highest BCUT2D eigenvalue weighted by Crippen LogP contribution is 2.18. The average Bonchev–Trinajstić information content (AvgIpc) is 2.74. The molecule has 0 aliphatic carbocycles. The van der Waals surface area contributed by atoms with E-state index in [1.165, 1.54) is 17.1 Å². The lowest BCUT2D eigenvalue weighted by molar-refractivity contribution is 0.446. The van der Waals surface area contributed by atoms with Crippen molar-refractivity contribution in [2.75, 3.05) is 0 Å². The number of nitriles is 1. The van der Waals surface area contributed by atoms with Crippen LogP contribution in [0, 0.1) is 11.3 Å². The highest BCUT2D eigenvalue weighted by molar-refractivity contribution is 7.89. The molecule has 0 aliphatic heterocycles. The third kappa shape index (κ3) is 2.84. The first kappa shape index (κ1) is 13.7. The summed E-state index contributed by atoms with van der Waals surface area (Å²) in [5, 5.41) is 12.9. The number of hydrogen-bond donors (Lipinski definition) is 1. The number of aromatic nitrogens is 2. The number of sulfonamides is 1. The Labute approximate surface area is 101 Å². The monoisotopic (exact) mass is 256 g/mol.